The third-order valence-electron chi connectivity index (χ3n) is 4.79. The molecule has 2 N–H and O–H groups in total. The molecule has 0 bridgehead atoms. The highest BCUT2D eigenvalue weighted by molar-refractivity contribution is 5.94. The summed E-state index contributed by atoms with van der Waals surface area (Å²) in [7, 11) is 0. The lowest BCUT2D eigenvalue weighted by Crippen LogP contribution is -2.49. The summed E-state index contributed by atoms with van der Waals surface area (Å²) in [5, 5.41) is 6.47. The third kappa shape index (κ3) is 4.10. The molecular formula is C18H25N3O2. The monoisotopic (exact) mass is 315 g/mol. The van der Waals surface area contributed by atoms with Crippen molar-refractivity contribution >= 4 is 11.8 Å². The molecule has 2 heterocycles. The van der Waals surface area contributed by atoms with Gasteiger partial charge >= 0.3 is 0 Å². The molecule has 124 valence electrons. The maximum atomic E-state index is 12.5. The van der Waals surface area contributed by atoms with Crippen molar-refractivity contribution in [3.63, 3.8) is 0 Å². The maximum Gasteiger partial charge on any atom is 0.253 e. The van der Waals surface area contributed by atoms with Crippen molar-refractivity contribution in [2.24, 2.45) is 5.92 Å². The van der Waals surface area contributed by atoms with Gasteiger partial charge in [0.2, 0.25) is 5.91 Å². The average Bonchev–Trinajstić information content (AvgIpc) is 2.63. The summed E-state index contributed by atoms with van der Waals surface area (Å²) >= 11 is 0. The minimum Gasteiger partial charge on any atom is -0.353 e. The molecule has 1 aromatic rings. The predicted molar refractivity (Wildman–Crippen MR) is 89.1 cm³/mol. The number of hydrogen-bond acceptors (Lipinski definition) is 3. The van der Waals surface area contributed by atoms with Crippen molar-refractivity contribution in [3.05, 3.63) is 35.9 Å². The van der Waals surface area contributed by atoms with E-state index in [2.05, 4.69) is 10.6 Å². The molecule has 0 aliphatic carbocycles. The second kappa shape index (κ2) is 7.59. The number of nitrogens with zero attached hydrogens (tertiary/aromatic N) is 1. The minimum atomic E-state index is -0.0775. The lowest BCUT2D eigenvalue weighted by Gasteiger charge is -2.33. The van der Waals surface area contributed by atoms with E-state index in [0.29, 0.717) is 12.1 Å². The number of hydrogen-bond donors (Lipinski definition) is 2. The van der Waals surface area contributed by atoms with Crippen LogP contribution in [-0.4, -0.2) is 48.9 Å². The number of carbonyl (C=O) groups excluding carboxylic acids is 2. The molecular weight excluding hydrogens is 290 g/mol. The molecule has 3 rings (SSSR count). The van der Waals surface area contributed by atoms with Crippen LogP contribution >= 0.6 is 0 Å². The second-order valence-corrected chi connectivity index (χ2v) is 6.49. The van der Waals surface area contributed by atoms with Gasteiger partial charge in [0.25, 0.3) is 5.91 Å². The van der Waals surface area contributed by atoms with E-state index in [9.17, 15) is 9.59 Å². The molecule has 1 unspecified atom stereocenters. The molecule has 1 aromatic carbocycles. The molecule has 0 saturated carbocycles. The highest BCUT2D eigenvalue weighted by Gasteiger charge is 2.30. The molecule has 2 aliphatic rings. The standard InChI is InChI=1S/C18H25N3O2/c22-17(20-16-8-10-19-11-9-16)15-7-4-12-21(13-15)18(23)14-5-2-1-3-6-14/h1-3,5-6,15-16,19H,4,7-13H2,(H,20,22). The number of likely N-dealkylation sites (tertiary alicyclic amines) is 1. The Morgan fingerprint density at radius 1 is 1.09 bits per heavy atom. The zero-order valence-electron chi connectivity index (χ0n) is 13.5. The van der Waals surface area contributed by atoms with E-state index in [4.69, 9.17) is 0 Å². The van der Waals surface area contributed by atoms with Crippen LogP contribution in [0.4, 0.5) is 0 Å². The molecule has 2 fully saturated rings. The molecule has 5 nitrogen and oxygen atoms in total. The van der Waals surface area contributed by atoms with Crippen LogP contribution in [0.5, 0.6) is 0 Å². The largest absolute Gasteiger partial charge is 0.353 e. The molecule has 5 heteroatoms. The van der Waals surface area contributed by atoms with Crippen molar-refractivity contribution in [2.45, 2.75) is 31.7 Å². The Hall–Kier alpha value is -1.88. The Kier molecular flexibility index (Phi) is 5.28. The molecule has 23 heavy (non-hydrogen) atoms. The summed E-state index contributed by atoms with van der Waals surface area (Å²) in [6.45, 7) is 3.21. The lowest BCUT2D eigenvalue weighted by atomic mass is 9.95. The first-order valence-corrected chi connectivity index (χ1v) is 8.59. The predicted octanol–water partition coefficient (Wildman–Crippen LogP) is 1.41. The second-order valence-electron chi connectivity index (χ2n) is 6.49. The van der Waals surface area contributed by atoms with Crippen molar-refractivity contribution in [3.8, 4) is 0 Å². The maximum absolute atomic E-state index is 12.5. The molecule has 0 radical (unpaired) electrons. The van der Waals surface area contributed by atoms with Crippen molar-refractivity contribution < 1.29 is 9.59 Å². The highest BCUT2D eigenvalue weighted by atomic mass is 16.2. The summed E-state index contributed by atoms with van der Waals surface area (Å²) in [4.78, 5) is 26.9. The van der Waals surface area contributed by atoms with E-state index in [0.717, 1.165) is 45.3 Å². The molecule has 0 spiro atoms. The van der Waals surface area contributed by atoms with Gasteiger partial charge in [-0.2, -0.15) is 0 Å². The quantitative estimate of drug-likeness (QED) is 0.886. The van der Waals surface area contributed by atoms with Crippen LogP contribution in [0, 0.1) is 5.92 Å². The van der Waals surface area contributed by atoms with Gasteiger partial charge in [0.15, 0.2) is 0 Å². The van der Waals surface area contributed by atoms with Gasteiger partial charge in [-0.15, -0.1) is 0 Å². The number of benzene rings is 1. The first-order chi connectivity index (χ1) is 11.2. The Balaban J connectivity index is 1.57. The van der Waals surface area contributed by atoms with Gasteiger partial charge in [-0.1, -0.05) is 18.2 Å². The fourth-order valence-electron chi connectivity index (χ4n) is 3.42. The molecule has 0 aromatic heterocycles. The van der Waals surface area contributed by atoms with Crippen molar-refractivity contribution in [1.29, 1.82) is 0 Å². The number of rotatable bonds is 3. The van der Waals surface area contributed by atoms with Crippen LogP contribution in [0.15, 0.2) is 30.3 Å². The Morgan fingerprint density at radius 3 is 2.57 bits per heavy atom. The normalized spacial score (nSPS) is 22.6. The van der Waals surface area contributed by atoms with Crippen molar-refractivity contribution in [1.82, 2.24) is 15.5 Å². The first-order valence-electron chi connectivity index (χ1n) is 8.59. The van der Waals surface area contributed by atoms with E-state index in [1.807, 2.05) is 35.2 Å². The van der Waals surface area contributed by atoms with Crippen LogP contribution in [0.25, 0.3) is 0 Å². The Morgan fingerprint density at radius 2 is 1.83 bits per heavy atom. The summed E-state index contributed by atoms with van der Waals surface area (Å²) in [6, 6.07) is 9.60. The molecule has 1 atom stereocenters. The smallest absolute Gasteiger partial charge is 0.253 e. The van der Waals surface area contributed by atoms with E-state index >= 15 is 0 Å². The van der Waals surface area contributed by atoms with Gasteiger partial charge in [0.05, 0.1) is 5.92 Å². The summed E-state index contributed by atoms with van der Waals surface area (Å²) in [5.41, 5.74) is 0.701. The molecule has 2 aliphatic heterocycles. The highest BCUT2D eigenvalue weighted by Crippen LogP contribution is 2.19. The fraction of sp³-hybridized carbons (Fsp3) is 0.556. The Bertz CT molecular complexity index is 540. The number of amides is 2. The third-order valence-corrected chi connectivity index (χ3v) is 4.79. The van der Waals surface area contributed by atoms with Crippen LogP contribution in [0.1, 0.15) is 36.0 Å². The fourth-order valence-corrected chi connectivity index (χ4v) is 3.42. The van der Waals surface area contributed by atoms with Crippen LogP contribution in [-0.2, 0) is 4.79 Å². The number of nitrogens with one attached hydrogen (secondary N) is 2. The van der Waals surface area contributed by atoms with Gasteiger partial charge in [0.1, 0.15) is 0 Å². The Labute approximate surface area is 137 Å². The topological polar surface area (TPSA) is 61.4 Å². The van der Waals surface area contributed by atoms with Gasteiger partial charge in [-0.25, -0.2) is 0 Å². The zero-order valence-corrected chi connectivity index (χ0v) is 13.5. The average molecular weight is 315 g/mol. The summed E-state index contributed by atoms with van der Waals surface area (Å²) in [5.74, 6) is 0.0683. The lowest BCUT2D eigenvalue weighted by molar-refractivity contribution is -0.127. The van der Waals surface area contributed by atoms with Crippen LogP contribution in [0.3, 0.4) is 0 Å². The zero-order chi connectivity index (χ0) is 16.1. The van der Waals surface area contributed by atoms with E-state index in [-0.39, 0.29) is 23.8 Å². The van der Waals surface area contributed by atoms with Crippen LogP contribution in [0.2, 0.25) is 0 Å². The summed E-state index contributed by atoms with van der Waals surface area (Å²) < 4.78 is 0. The van der Waals surface area contributed by atoms with E-state index in [1.165, 1.54) is 0 Å². The van der Waals surface area contributed by atoms with Gasteiger partial charge in [-0.3, -0.25) is 9.59 Å². The minimum absolute atomic E-state index is 0.0324. The van der Waals surface area contributed by atoms with Gasteiger partial charge < -0.3 is 15.5 Å². The number of carbonyl (C=O) groups is 2. The van der Waals surface area contributed by atoms with Gasteiger partial charge in [0, 0.05) is 24.7 Å². The first kappa shape index (κ1) is 16.0. The summed E-state index contributed by atoms with van der Waals surface area (Å²) in [6.07, 6.45) is 3.74. The SMILES string of the molecule is O=C(NC1CCNCC1)C1CCCN(C(=O)c2ccccc2)C1. The van der Waals surface area contributed by atoms with Gasteiger partial charge in [-0.05, 0) is 50.9 Å². The van der Waals surface area contributed by atoms with Crippen LogP contribution < -0.4 is 10.6 Å². The molecule has 2 saturated heterocycles. The van der Waals surface area contributed by atoms with Crippen molar-refractivity contribution in [2.75, 3.05) is 26.2 Å². The number of piperidine rings is 2. The van der Waals surface area contributed by atoms with E-state index in [1.54, 1.807) is 0 Å². The molecule has 2 amide bonds. The van der Waals surface area contributed by atoms with E-state index < -0.39 is 0 Å².